The molecule has 2 rings (SSSR count). The van der Waals surface area contributed by atoms with Crippen molar-refractivity contribution in [2.24, 2.45) is 22.7 Å². The molecular formula is C14H24O. The van der Waals surface area contributed by atoms with Gasteiger partial charge in [-0.05, 0) is 37.0 Å². The molecular weight excluding hydrogens is 184 g/mol. The van der Waals surface area contributed by atoms with Gasteiger partial charge in [-0.3, -0.25) is 4.79 Å². The second-order valence-corrected chi connectivity index (χ2v) is 6.65. The van der Waals surface area contributed by atoms with Crippen molar-refractivity contribution in [2.75, 3.05) is 0 Å². The number of ketones is 1. The summed E-state index contributed by atoms with van der Waals surface area (Å²) in [6.07, 6.45) is 6.04. The molecule has 0 bridgehead atoms. The predicted molar refractivity (Wildman–Crippen MR) is 62.6 cm³/mol. The maximum atomic E-state index is 12.4. The van der Waals surface area contributed by atoms with Crippen LogP contribution in [0.1, 0.15) is 59.8 Å². The normalized spacial score (nSPS) is 44.9. The zero-order valence-electron chi connectivity index (χ0n) is 10.6. The number of carbonyl (C=O) groups excluding carboxylic acids is 1. The SMILES string of the molecule is CC1CC[C@H]2C(C)(C)CCC[C@]2(C)C1=O. The number of hydrogen-bond acceptors (Lipinski definition) is 1. The maximum absolute atomic E-state index is 12.4. The van der Waals surface area contributed by atoms with Gasteiger partial charge in [0.2, 0.25) is 0 Å². The van der Waals surface area contributed by atoms with Crippen LogP contribution in [0.3, 0.4) is 0 Å². The minimum absolute atomic E-state index is 0.000579. The zero-order chi connectivity index (χ0) is 11.3. The van der Waals surface area contributed by atoms with Crippen molar-refractivity contribution in [3.63, 3.8) is 0 Å². The van der Waals surface area contributed by atoms with Crippen LogP contribution < -0.4 is 0 Å². The molecule has 0 aromatic heterocycles. The largest absolute Gasteiger partial charge is 0.299 e. The van der Waals surface area contributed by atoms with Gasteiger partial charge in [-0.1, -0.05) is 34.1 Å². The van der Waals surface area contributed by atoms with Gasteiger partial charge >= 0.3 is 0 Å². The Balaban J connectivity index is 2.34. The number of Topliss-reactive ketones (excluding diaryl/α,β-unsaturated/α-hetero) is 1. The van der Waals surface area contributed by atoms with Gasteiger partial charge in [-0.2, -0.15) is 0 Å². The van der Waals surface area contributed by atoms with Crippen LogP contribution >= 0.6 is 0 Å². The molecule has 15 heavy (non-hydrogen) atoms. The minimum Gasteiger partial charge on any atom is -0.299 e. The fourth-order valence-electron chi connectivity index (χ4n) is 4.24. The lowest BCUT2D eigenvalue weighted by Crippen LogP contribution is -2.51. The molecule has 3 atom stereocenters. The quantitative estimate of drug-likeness (QED) is 0.591. The van der Waals surface area contributed by atoms with Gasteiger partial charge in [0.15, 0.2) is 0 Å². The van der Waals surface area contributed by atoms with E-state index in [1.807, 2.05) is 0 Å². The van der Waals surface area contributed by atoms with Gasteiger partial charge in [0.25, 0.3) is 0 Å². The highest BCUT2D eigenvalue weighted by Crippen LogP contribution is 2.56. The Kier molecular flexibility index (Phi) is 2.48. The molecule has 86 valence electrons. The van der Waals surface area contributed by atoms with Crippen LogP contribution in [0.5, 0.6) is 0 Å². The highest BCUT2D eigenvalue weighted by atomic mass is 16.1. The molecule has 2 saturated carbocycles. The van der Waals surface area contributed by atoms with E-state index in [1.54, 1.807) is 0 Å². The van der Waals surface area contributed by atoms with Crippen LogP contribution in [0.25, 0.3) is 0 Å². The summed E-state index contributed by atoms with van der Waals surface area (Å²) in [5.41, 5.74) is 0.377. The van der Waals surface area contributed by atoms with Gasteiger partial charge in [0.1, 0.15) is 5.78 Å². The van der Waals surface area contributed by atoms with E-state index in [1.165, 1.54) is 19.3 Å². The summed E-state index contributed by atoms with van der Waals surface area (Å²) >= 11 is 0. The van der Waals surface area contributed by atoms with Gasteiger partial charge in [-0.15, -0.1) is 0 Å². The highest BCUT2D eigenvalue weighted by Gasteiger charge is 2.53. The molecule has 0 N–H and O–H groups in total. The molecule has 2 aliphatic carbocycles. The summed E-state index contributed by atoms with van der Waals surface area (Å²) < 4.78 is 0. The van der Waals surface area contributed by atoms with Crippen molar-refractivity contribution in [3.05, 3.63) is 0 Å². The fraction of sp³-hybridized carbons (Fsp3) is 0.929. The lowest BCUT2D eigenvalue weighted by Gasteiger charge is -2.53. The third kappa shape index (κ3) is 1.55. The molecule has 1 nitrogen and oxygen atoms in total. The van der Waals surface area contributed by atoms with E-state index >= 15 is 0 Å². The molecule has 0 radical (unpaired) electrons. The molecule has 1 heteroatoms. The Morgan fingerprint density at radius 3 is 2.47 bits per heavy atom. The predicted octanol–water partition coefficient (Wildman–Crippen LogP) is 3.82. The Bertz CT molecular complexity index is 279. The lowest BCUT2D eigenvalue weighted by atomic mass is 9.50. The molecule has 1 unspecified atom stereocenters. The standard InChI is InChI=1S/C14H24O/c1-10-6-7-11-13(2,3)8-5-9-14(11,4)12(10)15/h10-11H,5-9H2,1-4H3/t10?,11-,14-/m0/s1. The summed E-state index contributed by atoms with van der Waals surface area (Å²) in [4.78, 5) is 12.4. The Labute approximate surface area is 93.6 Å². The van der Waals surface area contributed by atoms with E-state index in [-0.39, 0.29) is 5.41 Å². The minimum atomic E-state index is -0.000579. The molecule has 2 fully saturated rings. The Morgan fingerprint density at radius 2 is 1.80 bits per heavy atom. The van der Waals surface area contributed by atoms with E-state index in [9.17, 15) is 4.79 Å². The monoisotopic (exact) mass is 208 g/mol. The molecule has 0 heterocycles. The first-order chi connectivity index (χ1) is 6.88. The molecule has 0 spiro atoms. The van der Waals surface area contributed by atoms with Crippen LogP contribution in [0, 0.1) is 22.7 Å². The molecule has 0 aliphatic heterocycles. The summed E-state index contributed by atoms with van der Waals surface area (Å²) in [6, 6.07) is 0. The summed E-state index contributed by atoms with van der Waals surface area (Å²) in [6.45, 7) is 9.07. The smallest absolute Gasteiger partial charge is 0.141 e. The van der Waals surface area contributed by atoms with Crippen molar-refractivity contribution in [2.45, 2.75) is 59.8 Å². The first-order valence-electron chi connectivity index (χ1n) is 6.42. The average molecular weight is 208 g/mol. The average Bonchev–Trinajstić information content (AvgIpc) is 2.12. The summed E-state index contributed by atoms with van der Waals surface area (Å²) in [7, 11) is 0. The van der Waals surface area contributed by atoms with Gasteiger partial charge < -0.3 is 0 Å². The van der Waals surface area contributed by atoms with Crippen molar-refractivity contribution < 1.29 is 4.79 Å². The second kappa shape index (κ2) is 3.33. The van der Waals surface area contributed by atoms with Gasteiger partial charge in [0.05, 0.1) is 0 Å². The number of fused-ring (bicyclic) bond motifs is 1. The zero-order valence-corrected chi connectivity index (χ0v) is 10.6. The van der Waals surface area contributed by atoms with Gasteiger partial charge in [-0.25, -0.2) is 0 Å². The molecule has 0 aromatic rings. The Morgan fingerprint density at radius 1 is 1.13 bits per heavy atom. The highest BCUT2D eigenvalue weighted by molar-refractivity contribution is 5.87. The summed E-state index contributed by atoms with van der Waals surface area (Å²) in [5.74, 6) is 1.48. The molecule has 0 saturated heterocycles. The number of carbonyl (C=O) groups is 1. The Hall–Kier alpha value is -0.330. The lowest BCUT2D eigenvalue weighted by molar-refractivity contribution is -0.148. The first kappa shape index (κ1) is 11.2. The molecule has 2 aliphatic rings. The topological polar surface area (TPSA) is 17.1 Å². The number of hydrogen-bond donors (Lipinski definition) is 0. The third-order valence-corrected chi connectivity index (χ3v) is 5.13. The van der Waals surface area contributed by atoms with E-state index in [0.29, 0.717) is 23.0 Å². The second-order valence-electron chi connectivity index (χ2n) is 6.65. The molecule has 0 aromatic carbocycles. The van der Waals surface area contributed by atoms with E-state index in [2.05, 4.69) is 27.7 Å². The van der Waals surface area contributed by atoms with E-state index in [0.717, 1.165) is 12.8 Å². The van der Waals surface area contributed by atoms with Crippen molar-refractivity contribution >= 4 is 5.78 Å². The maximum Gasteiger partial charge on any atom is 0.141 e. The fourth-order valence-corrected chi connectivity index (χ4v) is 4.24. The molecule has 0 amide bonds. The third-order valence-electron chi connectivity index (χ3n) is 5.13. The summed E-state index contributed by atoms with van der Waals surface area (Å²) in [5, 5.41) is 0. The van der Waals surface area contributed by atoms with E-state index < -0.39 is 0 Å². The van der Waals surface area contributed by atoms with Gasteiger partial charge in [0, 0.05) is 11.3 Å². The number of rotatable bonds is 0. The van der Waals surface area contributed by atoms with E-state index in [4.69, 9.17) is 0 Å². The van der Waals surface area contributed by atoms with Crippen LogP contribution in [-0.4, -0.2) is 5.78 Å². The van der Waals surface area contributed by atoms with Crippen LogP contribution in [0.2, 0.25) is 0 Å². The van der Waals surface area contributed by atoms with Crippen molar-refractivity contribution in [1.29, 1.82) is 0 Å². The van der Waals surface area contributed by atoms with Crippen molar-refractivity contribution in [1.82, 2.24) is 0 Å². The first-order valence-corrected chi connectivity index (χ1v) is 6.42. The van der Waals surface area contributed by atoms with Crippen LogP contribution in [0.4, 0.5) is 0 Å². The van der Waals surface area contributed by atoms with Crippen LogP contribution in [0.15, 0.2) is 0 Å². The van der Waals surface area contributed by atoms with Crippen LogP contribution in [-0.2, 0) is 4.79 Å². The van der Waals surface area contributed by atoms with Crippen molar-refractivity contribution in [3.8, 4) is 0 Å².